The number of carbonyl (C=O) groups excluding carboxylic acids is 1. The van der Waals surface area contributed by atoms with Crippen LogP contribution in [0.3, 0.4) is 0 Å². The van der Waals surface area contributed by atoms with Gasteiger partial charge in [0.1, 0.15) is 5.78 Å². The SMILES string of the molecule is CC1CN(S(=O)(=O)c2cn(C)c(=O)n(C)c2=O)CCC1=O. The van der Waals surface area contributed by atoms with Gasteiger partial charge in [0.2, 0.25) is 10.0 Å². The van der Waals surface area contributed by atoms with Crippen LogP contribution in [0, 0.1) is 5.92 Å². The fourth-order valence-electron chi connectivity index (χ4n) is 2.29. The van der Waals surface area contributed by atoms with Gasteiger partial charge in [-0.3, -0.25) is 14.2 Å². The van der Waals surface area contributed by atoms with E-state index in [1.165, 1.54) is 14.1 Å². The Balaban J connectivity index is 2.53. The van der Waals surface area contributed by atoms with E-state index < -0.39 is 32.1 Å². The molecule has 9 heteroatoms. The average molecular weight is 315 g/mol. The summed E-state index contributed by atoms with van der Waals surface area (Å²) in [6.45, 7) is 1.76. The summed E-state index contributed by atoms with van der Waals surface area (Å²) in [6, 6.07) is 0. The van der Waals surface area contributed by atoms with Crippen LogP contribution < -0.4 is 11.2 Å². The Morgan fingerprint density at radius 2 is 1.81 bits per heavy atom. The monoisotopic (exact) mass is 315 g/mol. The van der Waals surface area contributed by atoms with Crippen molar-refractivity contribution in [3.05, 3.63) is 27.0 Å². The summed E-state index contributed by atoms with van der Waals surface area (Å²) in [6.07, 6.45) is 1.16. The van der Waals surface area contributed by atoms with Gasteiger partial charge in [0.25, 0.3) is 5.56 Å². The topological polar surface area (TPSA) is 98.4 Å². The van der Waals surface area contributed by atoms with Crippen LogP contribution in [0.1, 0.15) is 13.3 Å². The van der Waals surface area contributed by atoms with Crippen molar-refractivity contribution >= 4 is 15.8 Å². The largest absolute Gasteiger partial charge is 0.330 e. The van der Waals surface area contributed by atoms with Crippen LogP contribution in [0.2, 0.25) is 0 Å². The lowest BCUT2D eigenvalue weighted by Gasteiger charge is -2.29. The molecular formula is C12H17N3O5S. The first-order valence-corrected chi connectivity index (χ1v) is 7.89. The van der Waals surface area contributed by atoms with Crippen molar-refractivity contribution in [2.24, 2.45) is 20.0 Å². The molecule has 1 unspecified atom stereocenters. The molecule has 0 amide bonds. The molecule has 1 aromatic rings. The van der Waals surface area contributed by atoms with Crippen LogP contribution in [0.4, 0.5) is 0 Å². The van der Waals surface area contributed by atoms with Crippen molar-refractivity contribution in [3.63, 3.8) is 0 Å². The van der Waals surface area contributed by atoms with Gasteiger partial charge in [0.15, 0.2) is 4.90 Å². The fourth-order valence-corrected chi connectivity index (χ4v) is 3.97. The molecule has 1 saturated heterocycles. The van der Waals surface area contributed by atoms with Crippen molar-refractivity contribution in [3.8, 4) is 0 Å². The second-order valence-electron chi connectivity index (χ2n) is 5.23. The minimum Gasteiger partial charge on any atom is -0.302 e. The molecule has 0 radical (unpaired) electrons. The molecule has 1 aromatic heterocycles. The Kier molecular flexibility index (Phi) is 3.89. The highest BCUT2D eigenvalue weighted by atomic mass is 32.2. The third-order valence-electron chi connectivity index (χ3n) is 3.67. The highest BCUT2D eigenvalue weighted by Crippen LogP contribution is 2.19. The zero-order valence-electron chi connectivity index (χ0n) is 12.1. The van der Waals surface area contributed by atoms with E-state index in [1.807, 2.05) is 0 Å². The average Bonchev–Trinajstić information content (AvgIpc) is 2.43. The fraction of sp³-hybridized carbons (Fsp3) is 0.583. The van der Waals surface area contributed by atoms with Gasteiger partial charge in [0.05, 0.1) is 0 Å². The molecule has 0 aliphatic carbocycles. The van der Waals surface area contributed by atoms with Gasteiger partial charge in [0, 0.05) is 45.7 Å². The zero-order chi connectivity index (χ0) is 15.9. The van der Waals surface area contributed by atoms with Gasteiger partial charge in [-0.1, -0.05) is 6.92 Å². The molecule has 2 heterocycles. The summed E-state index contributed by atoms with van der Waals surface area (Å²) < 4.78 is 28.1. The third-order valence-corrected chi connectivity index (χ3v) is 5.51. The van der Waals surface area contributed by atoms with E-state index in [2.05, 4.69) is 0 Å². The molecule has 0 bridgehead atoms. The maximum atomic E-state index is 12.6. The maximum absolute atomic E-state index is 12.6. The number of carbonyl (C=O) groups is 1. The molecular weight excluding hydrogens is 298 g/mol. The predicted molar refractivity (Wildman–Crippen MR) is 74.5 cm³/mol. The first-order chi connectivity index (χ1) is 9.66. The Morgan fingerprint density at radius 1 is 1.19 bits per heavy atom. The molecule has 21 heavy (non-hydrogen) atoms. The molecule has 0 saturated carbocycles. The van der Waals surface area contributed by atoms with Gasteiger partial charge >= 0.3 is 5.69 Å². The van der Waals surface area contributed by atoms with Crippen molar-refractivity contribution in [1.29, 1.82) is 0 Å². The molecule has 116 valence electrons. The lowest BCUT2D eigenvalue weighted by molar-refractivity contribution is -0.124. The van der Waals surface area contributed by atoms with Gasteiger partial charge < -0.3 is 4.57 Å². The van der Waals surface area contributed by atoms with Crippen LogP contribution in [0.15, 0.2) is 20.7 Å². The smallest absolute Gasteiger partial charge is 0.302 e. The van der Waals surface area contributed by atoms with Crippen molar-refractivity contribution in [2.45, 2.75) is 18.2 Å². The summed E-state index contributed by atoms with van der Waals surface area (Å²) in [7, 11) is -1.42. The van der Waals surface area contributed by atoms with Crippen LogP contribution in [-0.4, -0.2) is 40.7 Å². The van der Waals surface area contributed by atoms with Crippen molar-refractivity contribution in [1.82, 2.24) is 13.4 Å². The van der Waals surface area contributed by atoms with Gasteiger partial charge in [-0.05, 0) is 0 Å². The second-order valence-corrected chi connectivity index (χ2v) is 7.14. The number of rotatable bonds is 2. The normalized spacial score (nSPS) is 20.7. The molecule has 8 nitrogen and oxygen atoms in total. The number of piperidine rings is 1. The first kappa shape index (κ1) is 15.6. The number of hydrogen-bond donors (Lipinski definition) is 0. The summed E-state index contributed by atoms with van der Waals surface area (Å²) >= 11 is 0. The van der Waals surface area contributed by atoms with E-state index >= 15 is 0 Å². The molecule has 0 spiro atoms. The highest BCUT2D eigenvalue weighted by Gasteiger charge is 2.34. The van der Waals surface area contributed by atoms with E-state index in [0.29, 0.717) is 0 Å². The van der Waals surface area contributed by atoms with Crippen LogP contribution in [0.5, 0.6) is 0 Å². The number of aromatic nitrogens is 2. The Labute approximate surface area is 121 Å². The van der Waals surface area contributed by atoms with Crippen LogP contribution >= 0.6 is 0 Å². The van der Waals surface area contributed by atoms with Crippen molar-refractivity contribution in [2.75, 3.05) is 13.1 Å². The van der Waals surface area contributed by atoms with Gasteiger partial charge in [-0.25, -0.2) is 13.2 Å². The molecule has 0 N–H and O–H groups in total. The van der Waals surface area contributed by atoms with E-state index in [-0.39, 0.29) is 25.3 Å². The van der Waals surface area contributed by atoms with E-state index in [9.17, 15) is 22.8 Å². The molecule has 1 atom stereocenters. The molecule has 1 fully saturated rings. The van der Waals surface area contributed by atoms with Gasteiger partial charge in [-0.15, -0.1) is 0 Å². The van der Waals surface area contributed by atoms with E-state index in [1.54, 1.807) is 6.92 Å². The number of sulfonamides is 1. The van der Waals surface area contributed by atoms with Crippen LogP contribution in [-0.2, 0) is 28.9 Å². The second kappa shape index (κ2) is 5.23. The lowest BCUT2D eigenvalue weighted by Crippen LogP contribution is -2.47. The Morgan fingerprint density at radius 3 is 2.38 bits per heavy atom. The summed E-state index contributed by atoms with van der Waals surface area (Å²) in [5.41, 5.74) is -1.45. The molecule has 2 rings (SSSR count). The number of ketones is 1. The third kappa shape index (κ3) is 2.58. The zero-order valence-corrected chi connectivity index (χ0v) is 12.9. The van der Waals surface area contributed by atoms with Gasteiger partial charge in [-0.2, -0.15) is 4.31 Å². The number of hydrogen-bond acceptors (Lipinski definition) is 5. The van der Waals surface area contributed by atoms with Crippen LogP contribution in [0.25, 0.3) is 0 Å². The van der Waals surface area contributed by atoms with E-state index in [0.717, 1.165) is 19.6 Å². The Hall–Kier alpha value is -1.74. The maximum Gasteiger partial charge on any atom is 0.330 e. The molecule has 1 aliphatic rings. The number of nitrogens with zero attached hydrogens (tertiary/aromatic N) is 3. The highest BCUT2D eigenvalue weighted by molar-refractivity contribution is 7.89. The predicted octanol–water partition coefficient (Wildman–Crippen LogP) is -1.32. The minimum atomic E-state index is -4.02. The first-order valence-electron chi connectivity index (χ1n) is 6.45. The quantitative estimate of drug-likeness (QED) is 0.674. The standard InChI is InChI=1S/C12H17N3O5S/c1-8-6-15(5-4-9(8)16)21(19,20)10-7-13(2)12(18)14(3)11(10)17/h7-8H,4-6H2,1-3H3. The van der Waals surface area contributed by atoms with Crippen molar-refractivity contribution < 1.29 is 13.2 Å². The summed E-state index contributed by atoms with van der Waals surface area (Å²) in [5.74, 6) is -0.389. The number of Topliss-reactive ketones (excluding diaryl/α,β-unsaturated/α-hetero) is 1. The molecule has 0 aromatic carbocycles. The molecule has 1 aliphatic heterocycles. The minimum absolute atomic E-state index is 0.00909. The number of aryl methyl sites for hydroxylation is 1. The Bertz CT molecular complexity index is 805. The summed E-state index contributed by atoms with van der Waals surface area (Å²) in [4.78, 5) is 34.7. The van der Waals surface area contributed by atoms with E-state index in [4.69, 9.17) is 0 Å². The lowest BCUT2D eigenvalue weighted by atomic mass is 10.0. The summed E-state index contributed by atoms with van der Waals surface area (Å²) in [5, 5.41) is 0.